The van der Waals surface area contributed by atoms with Crippen LogP contribution in [0.15, 0.2) is 273 Å². The van der Waals surface area contributed by atoms with E-state index in [0.29, 0.717) is 0 Å². The second kappa shape index (κ2) is 17.0. The van der Waals surface area contributed by atoms with Gasteiger partial charge >= 0.3 is 0 Å². The molecule has 0 atom stereocenters. The summed E-state index contributed by atoms with van der Waals surface area (Å²) in [6, 6.07) is 96.7. The molecular weight excluding hydrogens is 1000 g/mol. The highest BCUT2D eigenvalue weighted by Crippen LogP contribution is 2.43. The molecule has 4 nitrogen and oxygen atoms in total. The lowest BCUT2D eigenvalue weighted by Gasteiger charge is -2.13. The number of nitrogens with zero attached hydrogens (tertiary/aromatic N) is 4. The van der Waals surface area contributed by atoms with E-state index in [0.717, 1.165) is 44.3 Å². The van der Waals surface area contributed by atoms with Crippen molar-refractivity contribution in [3.05, 3.63) is 273 Å². The molecule has 0 saturated heterocycles. The van der Waals surface area contributed by atoms with Gasteiger partial charge in [-0.2, -0.15) is 4.57 Å². The van der Waals surface area contributed by atoms with Crippen molar-refractivity contribution in [2.75, 3.05) is 0 Å². The number of aromatic nitrogens is 4. The first-order valence-corrected chi connectivity index (χ1v) is 28.6. The van der Waals surface area contributed by atoms with Gasteiger partial charge in [-0.1, -0.05) is 164 Å². The van der Waals surface area contributed by atoms with E-state index in [-0.39, 0.29) is 0 Å². The van der Waals surface area contributed by atoms with E-state index in [4.69, 9.17) is 4.98 Å². The lowest BCUT2D eigenvalue weighted by molar-refractivity contribution is -0.566. The smallest absolute Gasteiger partial charge is 0.245 e. The van der Waals surface area contributed by atoms with Gasteiger partial charge in [0.2, 0.25) is 11.2 Å². The molecule has 14 aromatic carbocycles. The number of para-hydroxylation sites is 2. The quantitative estimate of drug-likeness (QED) is 0.125. The molecule has 0 bridgehead atoms. The van der Waals surface area contributed by atoms with Gasteiger partial charge in [0.25, 0.3) is 0 Å². The third kappa shape index (κ3) is 6.52. The Balaban J connectivity index is 0.769. The van der Waals surface area contributed by atoms with Crippen LogP contribution in [0.2, 0.25) is 0 Å². The fourth-order valence-electron chi connectivity index (χ4n) is 13.8. The van der Waals surface area contributed by atoms with Crippen molar-refractivity contribution in [2.45, 2.75) is 0 Å². The molecule has 81 heavy (non-hydrogen) atoms. The van der Waals surface area contributed by atoms with Crippen LogP contribution in [-0.4, -0.2) is 14.1 Å². The minimum atomic E-state index is 0.969. The fraction of sp³-hybridized carbons (Fsp3) is 0. The second-order valence-corrected chi connectivity index (χ2v) is 22.7. The van der Waals surface area contributed by atoms with Gasteiger partial charge in [0.1, 0.15) is 5.52 Å². The van der Waals surface area contributed by atoms with E-state index in [9.17, 15) is 0 Å². The van der Waals surface area contributed by atoms with Crippen molar-refractivity contribution in [2.24, 2.45) is 0 Å². The van der Waals surface area contributed by atoms with Crippen LogP contribution in [-0.2, 0) is 0 Å². The third-order valence-corrected chi connectivity index (χ3v) is 18.5. The molecule has 0 amide bonds. The molecule has 0 radical (unpaired) electrons. The third-order valence-electron chi connectivity index (χ3n) is 17.4. The van der Waals surface area contributed by atoms with Gasteiger partial charge in [-0.15, -0.1) is 11.3 Å². The Morgan fingerprint density at radius 1 is 0.284 bits per heavy atom. The molecule has 0 aliphatic heterocycles. The van der Waals surface area contributed by atoms with Crippen molar-refractivity contribution in [1.29, 1.82) is 0 Å². The van der Waals surface area contributed by atoms with Crippen molar-refractivity contribution < 1.29 is 4.57 Å². The molecule has 4 aromatic heterocycles. The van der Waals surface area contributed by atoms with Gasteiger partial charge in [0.15, 0.2) is 6.20 Å². The van der Waals surface area contributed by atoms with Crippen LogP contribution < -0.4 is 4.57 Å². The van der Waals surface area contributed by atoms with E-state index in [1.54, 1.807) is 0 Å². The molecular formula is C76H45N4S+. The van der Waals surface area contributed by atoms with Gasteiger partial charge in [0, 0.05) is 70.6 Å². The van der Waals surface area contributed by atoms with Gasteiger partial charge < -0.3 is 9.13 Å². The van der Waals surface area contributed by atoms with Crippen LogP contribution in [0.1, 0.15) is 0 Å². The van der Waals surface area contributed by atoms with E-state index >= 15 is 0 Å². The van der Waals surface area contributed by atoms with Crippen LogP contribution in [0, 0.1) is 0 Å². The van der Waals surface area contributed by atoms with Gasteiger partial charge in [0.05, 0.1) is 33.6 Å². The van der Waals surface area contributed by atoms with Crippen LogP contribution in [0.5, 0.6) is 0 Å². The maximum absolute atomic E-state index is 5.24. The largest absolute Gasteiger partial charge is 0.309 e. The molecule has 0 spiro atoms. The summed E-state index contributed by atoms with van der Waals surface area (Å²) in [6.07, 6.45) is 4.10. The molecule has 18 rings (SSSR count). The molecule has 0 saturated carbocycles. The predicted octanol–water partition coefficient (Wildman–Crippen LogP) is 20.2. The average molecular weight is 1050 g/mol. The number of thiophene rings is 1. The first-order chi connectivity index (χ1) is 40.2. The fourth-order valence-corrected chi connectivity index (χ4v) is 14.8. The van der Waals surface area contributed by atoms with Gasteiger partial charge in [-0.05, 0) is 150 Å². The van der Waals surface area contributed by atoms with Crippen LogP contribution in [0.25, 0.3) is 168 Å². The minimum Gasteiger partial charge on any atom is -0.309 e. The maximum Gasteiger partial charge on any atom is 0.245 e. The minimum absolute atomic E-state index is 0.969. The standard InChI is InChI=1S/C76H45N4S/c1-2-18-55-53(16-1)54-17-3-4-20-57(54)64-41-48(28-33-58(55)64)46-14-13-15-47(40-46)49-29-34-59-56-19-5-6-24-63(56)76-75(68(59)42-49)77-38-39-78(76)50-30-35-71-65(43-50)60-21-7-10-25-69(60)79(71)51-31-36-72-66(44-51)61-22-8-11-26-70(61)80(72)52-32-37-74-67(45-52)62-23-9-12-27-73(62)81-74/h1-45H/q+1. The zero-order chi connectivity index (χ0) is 52.9. The van der Waals surface area contributed by atoms with E-state index in [2.05, 4.69) is 281 Å². The molecule has 0 fully saturated rings. The summed E-state index contributed by atoms with van der Waals surface area (Å²) >= 11 is 1.86. The normalized spacial score (nSPS) is 12.2. The first-order valence-electron chi connectivity index (χ1n) is 27.7. The van der Waals surface area contributed by atoms with E-state index in [1.165, 1.54) is 124 Å². The Morgan fingerprint density at radius 3 is 1.41 bits per heavy atom. The maximum atomic E-state index is 5.24. The summed E-state index contributed by atoms with van der Waals surface area (Å²) in [5.41, 5.74) is 14.8. The molecule has 0 aliphatic rings. The van der Waals surface area contributed by atoms with Crippen molar-refractivity contribution in [1.82, 2.24) is 14.1 Å². The Bertz CT molecular complexity index is 5710. The summed E-state index contributed by atoms with van der Waals surface area (Å²) < 4.78 is 9.87. The SMILES string of the molecule is c1cc(-c2ccc3c4ccccc4c4ccccc4c3c2)cc(-c2ccc3c4ccccc4c4c(ncc[n+]4-c4ccc5c(c4)c4ccccc4n5-c4ccc5c(c4)c4ccccc4n5-c4ccc5sc6ccccc6c5c4)c3c2)c1. The molecule has 0 aliphatic carbocycles. The highest BCUT2D eigenvalue weighted by atomic mass is 32.1. The summed E-state index contributed by atoms with van der Waals surface area (Å²) in [4.78, 5) is 5.24. The number of benzene rings is 14. The molecule has 4 heterocycles. The second-order valence-electron chi connectivity index (χ2n) is 21.6. The zero-order valence-electron chi connectivity index (χ0n) is 43.7. The Labute approximate surface area is 468 Å². The molecule has 0 unspecified atom stereocenters. The van der Waals surface area contributed by atoms with Gasteiger partial charge in [-0.3, -0.25) is 0 Å². The van der Waals surface area contributed by atoms with Crippen LogP contribution in [0.3, 0.4) is 0 Å². The van der Waals surface area contributed by atoms with Crippen molar-refractivity contribution >= 4 is 140 Å². The number of fused-ring (bicyclic) bond motifs is 21. The van der Waals surface area contributed by atoms with Crippen LogP contribution in [0.4, 0.5) is 0 Å². The summed E-state index contributed by atoms with van der Waals surface area (Å²) in [5, 5.41) is 19.8. The molecule has 0 N–H and O–H groups in total. The zero-order valence-corrected chi connectivity index (χ0v) is 44.5. The van der Waals surface area contributed by atoms with Crippen LogP contribution >= 0.6 is 11.3 Å². The summed E-state index contributed by atoms with van der Waals surface area (Å²) in [6.45, 7) is 0. The Kier molecular flexibility index (Phi) is 9.35. The number of rotatable bonds is 5. The van der Waals surface area contributed by atoms with E-state index < -0.39 is 0 Å². The number of hydrogen-bond donors (Lipinski definition) is 0. The topological polar surface area (TPSA) is 26.6 Å². The lowest BCUT2D eigenvalue weighted by Crippen LogP contribution is -2.31. The average Bonchev–Trinajstić information content (AvgIpc) is 4.23. The summed E-state index contributed by atoms with van der Waals surface area (Å²) in [5.74, 6) is 0. The Morgan fingerprint density at radius 2 is 0.741 bits per heavy atom. The lowest BCUT2D eigenvalue weighted by atomic mass is 9.91. The first kappa shape index (κ1) is 44.5. The molecule has 5 heteroatoms. The monoisotopic (exact) mass is 1050 g/mol. The summed E-state index contributed by atoms with van der Waals surface area (Å²) in [7, 11) is 0. The Hall–Kier alpha value is -10.5. The van der Waals surface area contributed by atoms with Gasteiger partial charge in [-0.25, -0.2) is 4.98 Å². The predicted molar refractivity (Wildman–Crippen MR) is 343 cm³/mol. The van der Waals surface area contributed by atoms with E-state index in [1.807, 2.05) is 17.5 Å². The molecule has 18 aromatic rings. The number of hydrogen-bond acceptors (Lipinski definition) is 2. The highest BCUT2D eigenvalue weighted by Gasteiger charge is 2.24. The molecule has 374 valence electrons. The van der Waals surface area contributed by atoms with Crippen molar-refractivity contribution in [3.8, 4) is 39.3 Å². The van der Waals surface area contributed by atoms with Crippen molar-refractivity contribution in [3.63, 3.8) is 0 Å². The highest BCUT2D eigenvalue weighted by molar-refractivity contribution is 7.25.